The van der Waals surface area contributed by atoms with Crippen LogP contribution in [0.25, 0.3) is 11.1 Å². The van der Waals surface area contributed by atoms with Crippen LogP contribution in [0.3, 0.4) is 0 Å². The van der Waals surface area contributed by atoms with Crippen LogP contribution in [0.15, 0.2) is 78.9 Å². The Hall–Kier alpha value is -3.88. The molecule has 8 nitrogen and oxygen atoms in total. The Labute approximate surface area is 249 Å². The summed E-state index contributed by atoms with van der Waals surface area (Å²) in [4.78, 5) is 28.0. The summed E-state index contributed by atoms with van der Waals surface area (Å²) in [6, 6.07) is 25.2. The highest BCUT2D eigenvalue weighted by Gasteiger charge is 2.28. The molecule has 1 aliphatic rings. The number of benzene rings is 3. The number of aromatic hydroxyl groups is 1. The number of amides is 2. The highest BCUT2D eigenvalue weighted by Crippen LogP contribution is 2.33. The number of nitrogens with one attached hydrogen (secondary N) is 1. The molecule has 1 aliphatic heterocycles. The second-order valence-electron chi connectivity index (χ2n) is 10.8. The largest absolute Gasteiger partial charge is 0.508 e. The first-order valence-corrected chi connectivity index (χ1v) is 15.1. The number of hydrazine groups is 1. The van der Waals surface area contributed by atoms with Crippen LogP contribution in [-0.2, 0) is 16.1 Å². The third-order valence-electron chi connectivity index (χ3n) is 7.59. The molecule has 1 heterocycles. The molecule has 0 bridgehead atoms. The minimum absolute atomic E-state index is 0.0255. The molecule has 1 saturated heterocycles. The van der Waals surface area contributed by atoms with E-state index < -0.39 is 6.09 Å². The van der Waals surface area contributed by atoms with Crippen LogP contribution in [0.4, 0.5) is 10.5 Å². The number of rotatable bonds is 14. The van der Waals surface area contributed by atoms with Crippen molar-refractivity contribution >= 4 is 17.7 Å². The van der Waals surface area contributed by atoms with Crippen LogP contribution >= 0.6 is 0 Å². The van der Waals surface area contributed by atoms with Gasteiger partial charge in [-0.15, -0.1) is 0 Å². The van der Waals surface area contributed by atoms with Gasteiger partial charge in [-0.1, -0.05) is 73.5 Å². The first kappa shape index (κ1) is 31.1. The first-order chi connectivity index (χ1) is 20.5. The second-order valence-corrected chi connectivity index (χ2v) is 10.8. The molecule has 3 aromatic carbocycles. The van der Waals surface area contributed by atoms with Crippen molar-refractivity contribution < 1.29 is 19.4 Å². The van der Waals surface area contributed by atoms with Gasteiger partial charge in [-0.05, 0) is 61.6 Å². The van der Waals surface area contributed by atoms with E-state index in [0.717, 1.165) is 87.1 Å². The Balaban J connectivity index is 1.22. The molecule has 0 atom stereocenters. The zero-order chi connectivity index (χ0) is 29.6. The topological polar surface area (TPSA) is 85.3 Å². The van der Waals surface area contributed by atoms with E-state index in [2.05, 4.69) is 10.3 Å². The third-order valence-corrected chi connectivity index (χ3v) is 7.59. The molecule has 0 radical (unpaired) electrons. The quantitative estimate of drug-likeness (QED) is 0.223. The molecule has 0 saturated carbocycles. The second kappa shape index (κ2) is 16.5. The van der Waals surface area contributed by atoms with Crippen molar-refractivity contribution in [1.29, 1.82) is 0 Å². The van der Waals surface area contributed by atoms with Gasteiger partial charge in [0.2, 0.25) is 5.91 Å². The maximum Gasteiger partial charge on any atom is 0.429 e. The van der Waals surface area contributed by atoms with Gasteiger partial charge in [0.25, 0.3) is 0 Å². The molecule has 0 unspecified atom stereocenters. The van der Waals surface area contributed by atoms with E-state index in [1.54, 1.807) is 22.0 Å². The number of anilines is 1. The van der Waals surface area contributed by atoms with Crippen molar-refractivity contribution in [1.82, 2.24) is 15.2 Å². The van der Waals surface area contributed by atoms with Gasteiger partial charge in [0.15, 0.2) is 0 Å². The molecule has 0 aromatic heterocycles. The van der Waals surface area contributed by atoms with Crippen LogP contribution in [0.1, 0.15) is 50.5 Å². The predicted molar refractivity (Wildman–Crippen MR) is 167 cm³/mol. The molecule has 224 valence electrons. The van der Waals surface area contributed by atoms with Crippen molar-refractivity contribution in [2.75, 3.05) is 44.8 Å². The lowest BCUT2D eigenvalue weighted by Crippen LogP contribution is -2.49. The summed E-state index contributed by atoms with van der Waals surface area (Å²) in [5, 5.41) is 16.5. The van der Waals surface area contributed by atoms with Gasteiger partial charge in [0.1, 0.15) is 12.4 Å². The van der Waals surface area contributed by atoms with Gasteiger partial charge >= 0.3 is 6.09 Å². The highest BCUT2D eigenvalue weighted by molar-refractivity contribution is 5.93. The van der Waals surface area contributed by atoms with Crippen molar-refractivity contribution in [3.63, 3.8) is 0 Å². The van der Waals surface area contributed by atoms with Crippen LogP contribution in [0.2, 0.25) is 0 Å². The Kier molecular flexibility index (Phi) is 12.2. The van der Waals surface area contributed by atoms with E-state index in [9.17, 15) is 14.7 Å². The lowest BCUT2D eigenvalue weighted by atomic mass is 10.0. The van der Waals surface area contributed by atoms with Crippen molar-refractivity contribution in [2.24, 2.45) is 0 Å². The van der Waals surface area contributed by atoms with E-state index in [1.165, 1.54) is 0 Å². The van der Waals surface area contributed by atoms with E-state index in [-0.39, 0.29) is 24.7 Å². The molecule has 3 aromatic rings. The van der Waals surface area contributed by atoms with E-state index in [0.29, 0.717) is 6.54 Å². The molecule has 4 rings (SSSR count). The third kappa shape index (κ3) is 9.33. The normalized spacial score (nSPS) is 13.5. The summed E-state index contributed by atoms with van der Waals surface area (Å²) < 4.78 is 5.71. The molecular weight excluding hydrogens is 528 g/mol. The summed E-state index contributed by atoms with van der Waals surface area (Å²) in [6.45, 7) is 3.95. The fourth-order valence-corrected chi connectivity index (χ4v) is 5.19. The van der Waals surface area contributed by atoms with Crippen LogP contribution in [0, 0.1) is 0 Å². The summed E-state index contributed by atoms with van der Waals surface area (Å²) in [5.74, 6) is 0.252. The fraction of sp³-hybridized carbons (Fsp3) is 0.412. The molecule has 2 N–H and O–H groups in total. The van der Waals surface area contributed by atoms with Gasteiger partial charge in [-0.2, -0.15) is 0 Å². The fourth-order valence-electron chi connectivity index (χ4n) is 5.19. The van der Waals surface area contributed by atoms with Gasteiger partial charge in [0, 0.05) is 38.8 Å². The number of phenols is 1. The Morgan fingerprint density at radius 1 is 0.881 bits per heavy atom. The number of carbonyl (C=O) groups is 2. The smallest absolute Gasteiger partial charge is 0.429 e. The van der Waals surface area contributed by atoms with Crippen molar-refractivity contribution in [2.45, 2.75) is 51.5 Å². The lowest BCUT2D eigenvalue weighted by molar-refractivity contribution is -0.130. The monoisotopic (exact) mass is 572 g/mol. The summed E-state index contributed by atoms with van der Waals surface area (Å²) in [5.41, 5.74) is 3.93. The van der Waals surface area contributed by atoms with Crippen molar-refractivity contribution in [3.8, 4) is 16.9 Å². The van der Waals surface area contributed by atoms with E-state index >= 15 is 0 Å². The van der Waals surface area contributed by atoms with Crippen LogP contribution in [0.5, 0.6) is 5.75 Å². The highest BCUT2D eigenvalue weighted by atomic mass is 16.6. The Bertz CT molecular complexity index is 1250. The maximum atomic E-state index is 13.5. The average molecular weight is 573 g/mol. The number of para-hydroxylation sites is 1. The average Bonchev–Trinajstić information content (AvgIpc) is 3.02. The number of piperidine rings is 1. The number of nitrogens with zero attached hydrogens (tertiary/aromatic N) is 3. The number of unbranched alkanes of at least 4 members (excludes halogenated alkanes) is 2. The first-order valence-electron chi connectivity index (χ1n) is 15.1. The van der Waals surface area contributed by atoms with Gasteiger partial charge in [-0.3, -0.25) is 4.79 Å². The van der Waals surface area contributed by atoms with Crippen molar-refractivity contribution in [3.05, 3.63) is 84.4 Å². The zero-order valence-electron chi connectivity index (χ0n) is 24.7. The standard InChI is InChI=1S/C34H44N4O4/c1-36(23-10-3-9-22-35-27-28-17-19-30(39)20-18-28)33(40)21-26-42-34(41)38(37-24-11-4-12-25-37)32-16-8-7-15-31(32)29-13-5-2-6-14-29/h2,5-8,13-20,35,39H,3-4,9-12,21-27H2,1H3. The van der Waals surface area contributed by atoms with Crippen LogP contribution < -0.4 is 10.3 Å². The summed E-state index contributed by atoms with van der Waals surface area (Å²) in [7, 11) is 1.81. The number of hydrogen-bond donors (Lipinski definition) is 2. The summed E-state index contributed by atoms with van der Waals surface area (Å²) >= 11 is 0. The number of ether oxygens (including phenoxy) is 1. The van der Waals surface area contributed by atoms with Gasteiger partial charge in [-0.25, -0.2) is 14.8 Å². The number of hydrogen-bond acceptors (Lipinski definition) is 6. The van der Waals surface area contributed by atoms with Crippen LogP contribution in [-0.4, -0.2) is 66.8 Å². The molecule has 0 spiro atoms. The summed E-state index contributed by atoms with van der Waals surface area (Å²) in [6.07, 6.45) is 5.86. The Morgan fingerprint density at radius 3 is 2.36 bits per heavy atom. The molecule has 2 amide bonds. The molecule has 42 heavy (non-hydrogen) atoms. The molecule has 1 fully saturated rings. The Morgan fingerprint density at radius 2 is 1.60 bits per heavy atom. The number of carbonyl (C=O) groups excluding carboxylic acids is 2. The minimum Gasteiger partial charge on any atom is -0.508 e. The molecule has 0 aliphatic carbocycles. The number of phenolic OH excluding ortho intramolecular Hbond substituents is 1. The van der Waals surface area contributed by atoms with Gasteiger partial charge < -0.3 is 20.1 Å². The lowest BCUT2D eigenvalue weighted by Gasteiger charge is -2.37. The predicted octanol–water partition coefficient (Wildman–Crippen LogP) is 6.21. The zero-order valence-corrected chi connectivity index (χ0v) is 24.7. The molecular formula is C34H44N4O4. The van der Waals surface area contributed by atoms with Gasteiger partial charge in [0.05, 0.1) is 12.1 Å². The van der Waals surface area contributed by atoms with E-state index in [1.807, 2.05) is 73.8 Å². The maximum absolute atomic E-state index is 13.5. The minimum atomic E-state index is -0.449. The SMILES string of the molecule is CN(CCCCCNCc1ccc(O)cc1)C(=O)CCOC(=O)N(c1ccccc1-c1ccccc1)N1CCCCC1. The van der Waals surface area contributed by atoms with E-state index in [4.69, 9.17) is 4.74 Å². The molecule has 8 heteroatoms.